The minimum Gasteiger partial charge on any atom is -0.396 e. The summed E-state index contributed by atoms with van der Waals surface area (Å²) in [5.41, 5.74) is 4.89. The van der Waals surface area contributed by atoms with Gasteiger partial charge in [0.25, 0.3) is 0 Å². The Morgan fingerprint density at radius 3 is 2.47 bits per heavy atom. The molecule has 2 N–H and O–H groups in total. The predicted molar refractivity (Wildman–Crippen MR) is 80.3 cm³/mol. The summed E-state index contributed by atoms with van der Waals surface area (Å²) < 4.78 is 0. The van der Waals surface area contributed by atoms with Crippen LogP contribution in [0.15, 0.2) is 6.07 Å². The molecule has 0 fully saturated rings. The van der Waals surface area contributed by atoms with E-state index in [0.717, 1.165) is 24.4 Å². The zero-order valence-corrected chi connectivity index (χ0v) is 13.2. The first-order valence-corrected chi connectivity index (χ1v) is 7.06. The lowest BCUT2D eigenvalue weighted by molar-refractivity contribution is 0.203. The summed E-state index contributed by atoms with van der Waals surface area (Å²) in [7, 11) is 0. The van der Waals surface area contributed by atoms with E-state index in [1.165, 1.54) is 11.1 Å². The molecular weight excluding hydrogens is 236 g/mol. The third-order valence-electron chi connectivity index (χ3n) is 3.69. The zero-order chi connectivity index (χ0) is 14.6. The van der Waals surface area contributed by atoms with Gasteiger partial charge in [-0.2, -0.15) is 0 Å². The van der Waals surface area contributed by atoms with Crippen molar-refractivity contribution in [2.24, 2.45) is 5.41 Å². The molecule has 1 aromatic rings. The van der Waals surface area contributed by atoms with Gasteiger partial charge in [0.1, 0.15) is 0 Å². The van der Waals surface area contributed by atoms with Crippen LogP contribution in [0.4, 0.5) is 0 Å². The van der Waals surface area contributed by atoms with Gasteiger partial charge >= 0.3 is 0 Å². The van der Waals surface area contributed by atoms with Gasteiger partial charge in [0, 0.05) is 30.6 Å². The summed E-state index contributed by atoms with van der Waals surface area (Å²) in [6.07, 6.45) is 0.816. The molecule has 0 aliphatic heterocycles. The molecule has 0 aliphatic carbocycles. The summed E-state index contributed by atoms with van der Waals surface area (Å²) >= 11 is 0. The van der Waals surface area contributed by atoms with E-state index >= 15 is 0 Å². The van der Waals surface area contributed by atoms with Gasteiger partial charge in [-0.1, -0.05) is 13.8 Å². The lowest BCUT2D eigenvalue weighted by atomic mass is 9.89. The second kappa shape index (κ2) is 6.49. The Balaban J connectivity index is 2.76. The van der Waals surface area contributed by atoms with E-state index in [4.69, 9.17) is 5.11 Å². The van der Waals surface area contributed by atoms with Gasteiger partial charge in [0.05, 0.1) is 0 Å². The van der Waals surface area contributed by atoms with Crippen molar-refractivity contribution in [2.75, 3.05) is 13.2 Å². The highest BCUT2D eigenvalue weighted by Crippen LogP contribution is 2.24. The number of aliphatic hydroxyl groups is 1. The van der Waals surface area contributed by atoms with E-state index in [0.29, 0.717) is 0 Å². The molecule has 0 aromatic carbocycles. The van der Waals surface area contributed by atoms with Crippen LogP contribution < -0.4 is 5.32 Å². The molecule has 3 nitrogen and oxygen atoms in total. The smallest absolute Gasteiger partial charge is 0.0436 e. The van der Waals surface area contributed by atoms with Crippen molar-refractivity contribution in [3.05, 3.63) is 28.6 Å². The molecule has 19 heavy (non-hydrogen) atoms. The molecule has 1 unspecified atom stereocenters. The van der Waals surface area contributed by atoms with Gasteiger partial charge in [-0.3, -0.25) is 4.98 Å². The minimum atomic E-state index is 0.114. The Morgan fingerprint density at radius 1 is 1.32 bits per heavy atom. The van der Waals surface area contributed by atoms with Crippen LogP contribution in [-0.2, 0) is 0 Å². The first-order chi connectivity index (χ1) is 8.76. The van der Waals surface area contributed by atoms with Crippen molar-refractivity contribution in [1.29, 1.82) is 0 Å². The Morgan fingerprint density at radius 2 is 1.95 bits per heavy atom. The molecule has 0 amide bonds. The second-order valence-corrected chi connectivity index (χ2v) is 6.32. The molecule has 3 heteroatoms. The average molecular weight is 264 g/mol. The van der Waals surface area contributed by atoms with Crippen LogP contribution in [0.3, 0.4) is 0 Å². The average Bonchev–Trinajstić information content (AvgIpc) is 2.25. The van der Waals surface area contributed by atoms with Crippen LogP contribution in [0.2, 0.25) is 0 Å². The SMILES string of the molecule is Cc1cc(C)c(C(C)NCC(C)(C)CCO)c(C)n1. The summed E-state index contributed by atoms with van der Waals surface area (Å²) in [6, 6.07) is 2.42. The Labute approximate surface area is 117 Å². The van der Waals surface area contributed by atoms with Crippen LogP contribution in [0, 0.1) is 26.2 Å². The van der Waals surface area contributed by atoms with Gasteiger partial charge in [-0.25, -0.2) is 0 Å². The minimum absolute atomic E-state index is 0.114. The first-order valence-electron chi connectivity index (χ1n) is 7.06. The molecule has 0 spiro atoms. The van der Waals surface area contributed by atoms with Crippen molar-refractivity contribution in [1.82, 2.24) is 10.3 Å². The van der Waals surface area contributed by atoms with E-state index in [-0.39, 0.29) is 18.1 Å². The lowest BCUT2D eigenvalue weighted by Crippen LogP contribution is -2.32. The van der Waals surface area contributed by atoms with Crippen LogP contribution in [0.1, 0.15) is 55.7 Å². The molecule has 1 heterocycles. The fraction of sp³-hybridized carbons (Fsp3) is 0.688. The monoisotopic (exact) mass is 264 g/mol. The van der Waals surface area contributed by atoms with Crippen LogP contribution >= 0.6 is 0 Å². The number of hydrogen-bond donors (Lipinski definition) is 2. The van der Waals surface area contributed by atoms with Crippen molar-refractivity contribution in [3.8, 4) is 0 Å². The number of aromatic nitrogens is 1. The third kappa shape index (κ3) is 4.59. The lowest BCUT2D eigenvalue weighted by Gasteiger charge is -2.27. The molecule has 1 atom stereocenters. The molecule has 1 aromatic heterocycles. The van der Waals surface area contributed by atoms with Crippen LogP contribution in [-0.4, -0.2) is 23.2 Å². The summed E-state index contributed by atoms with van der Waals surface area (Å²) in [5, 5.41) is 12.6. The fourth-order valence-electron chi connectivity index (χ4n) is 2.61. The molecule has 1 rings (SSSR count). The van der Waals surface area contributed by atoms with Gasteiger partial charge in [-0.05, 0) is 56.7 Å². The number of pyridine rings is 1. The molecule has 0 saturated heterocycles. The maximum atomic E-state index is 9.07. The van der Waals surface area contributed by atoms with E-state index in [1.807, 2.05) is 6.92 Å². The first kappa shape index (κ1) is 16.1. The Kier molecular flexibility index (Phi) is 5.50. The largest absolute Gasteiger partial charge is 0.396 e. The molecule has 0 radical (unpaired) electrons. The number of rotatable bonds is 6. The van der Waals surface area contributed by atoms with Gasteiger partial charge in [-0.15, -0.1) is 0 Å². The Bertz CT molecular complexity index is 404. The highest BCUT2D eigenvalue weighted by molar-refractivity contribution is 5.33. The van der Waals surface area contributed by atoms with Crippen molar-refractivity contribution in [3.63, 3.8) is 0 Å². The number of aliphatic hydroxyl groups excluding tert-OH is 1. The number of aryl methyl sites for hydroxylation is 3. The maximum absolute atomic E-state index is 9.07. The normalized spacial score (nSPS) is 13.6. The molecule has 0 bridgehead atoms. The van der Waals surface area contributed by atoms with E-state index in [1.54, 1.807) is 0 Å². The van der Waals surface area contributed by atoms with E-state index < -0.39 is 0 Å². The summed E-state index contributed by atoms with van der Waals surface area (Å²) in [6.45, 7) is 13.9. The topological polar surface area (TPSA) is 45.1 Å². The number of nitrogens with one attached hydrogen (secondary N) is 1. The number of nitrogens with zero attached hydrogens (tertiary/aromatic N) is 1. The highest BCUT2D eigenvalue weighted by Gasteiger charge is 2.20. The zero-order valence-electron chi connectivity index (χ0n) is 13.2. The second-order valence-electron chi connectivity index (χ2n) is 6.32. The predicted octanol–water partition coefficient (Wildman–Crippen LogP) is 3.07. The maximum Gasteiger partial charge on any atom is 0.0436 e. The summed E-state index contributed by atoms with van der Waals surface area (Å²) in [4.78, 5) is 4.56. The van der Waals surface area contributed by atoms with Gasteiger partial charge in [0.15, 0.2) is 0 Å². The highest BCUT2D eigenvalue weighted by atomic mass is 16.3. The van der Waals surface area contributed by atoms with Crippen LogP contribution in [0.25, 0.3) is 0 Å². The van der Waals surface area contributed by atoms with E-state index in [9.17, 15) is 0 Å². The van der Waals surface area contributed by atoms with Gasteiger partial charge < -0.3 is 10.4 Å². The standard InChI is InChI=1S/C16H28N2O/c1-11-9-12(2)18-14(4)15(11)13(3)17-10-16(5,6)7-8-19/h9,13,17,19H,7-8,10H2,1-6H3. The van der Waals surface area contributed by atoms with Crippen molar-refractivity contribution < 1.29 is 5.11 Å². The van der Waals surface area contributed by atoms with Crippen molar-refractivity contribution in [2.45, 2.75) is 54.0 Å². The summed E-state index contributed by atoms with van der Waals surface area (Å²) in [5.74, 6) is 0. The molecule has 0 saturated carbocycles. The molecule has 0 aliphatic rings. The molecule has 108 valence electrons. The third-order valence-corrected chi connectivity index (χ3v) is 3.69. The van der Waals surface area contributed by atoms with Crippen LogP contribution in [0.5, 0.6) is 0 Å². The van der Waals surface area contributed by atoms with Gasteiger partial charge in [0.2, 0.25) is 0 Å². The number of hydrogen-bond acceptors (Lipinski definition) is 3. The van der Waals surface area contributed by atoms with Crippen molar-refractivity contribution >= 4 is 0 Å². The Hall–Kier alpha value is -0.930. The quantitative estimate of drug-likeness (QED) is 0.830. The molecular formula is C16H28N2O. The van der Waals surface area contributed by atoms with E-state index in [2.05, 4.69) is 51.0 Å². The fourth-order valence-corrected chi connectivity index (χ4v) is 2.61.